The molecule has 0 aromatic carbocycles. The lowest BCUT2D eigenvalue weighted by molar-refractivity contribution is -0.137. The summed E-state index contributed by atoms with van der Waals surface area (Å²) in [5, 5.41) is 2.72. The summed E-state index contributed by atoms with van der Waals surface area (Å²) in [7, 11) is 0. The number of Topliss-reactive ketones (excluding diaryl/α,β-unsaturated/α-hetero) is 1. The van der Waals surface area contributed by atoms with E-state index in [4.69, 9.17) is 0 Å². The van der Waals surface area contributed by atoms with Crippen molar-refractivity contribution in [2.45, 2.75) is 25.7 Å². The van der Waals surface area contributed by atoms with Crippen LogP contribution in [0.1, 0.15) is 25.7 Å². The largest absolute Gasteiger partial charge is 0.355 e. The van der Waals surface area contributed by atoms with E-state index in [1.807, 2.05) is 0 Å². The maximum absolute atomic E-state index is 11.3. The third-order valence-corrected chi connectivity index (χ3v) is 2.81. The Morgan fingerprint density at radius 1 is 1.27 bits per heavy atom. The highest BCUT2D eigenvalue weighted by molar-refractivity contribution is 6.08. The highest BCUT2D eigenvalue weighted by Gasteiger charge is 2.50. The Morgan fingerprint density at radius 3 is 2.55 bits per heavy atom. The minimum absolute atomic E-state index is 0.0278. The van der Waals surface area contributed by atoms with Crippen molar-refractivity contribution >= 4 is 11.7 Å². The number of ketones is 1. The first-order valence-electron chi connectivity index (χ1n) is 4.07. The number of hydrogen-bond donors (Lipinski definition) is 1. The first-order chi connectivity index (χ1) is 5.26. The standard InChI is InChI=1S/C8H11NO2/c10-6-2-1-3-8(6)4-5-9-7(8)11/h1-5H2,(H,9,11)/t8-/m1/s1. The minimum atomic E-state index is -0.583. The quantitative estimate of drug-likeness (QED) is 0.507. The van der Waals surface area contributed by atoms with Crippen molar-refractivity contribution in [1.29, 1.82) is 0 Å². The average molecular weight is 153 g/mol. The van der Waals surface area contributed by atoms with Gasteiger partial charge in [-0.2, -0.15) is 0 Å². The SMILES string of the molecule is O=C1CCC[C@@]12CCNC2=O. The van der Waals surface area contributed by atoms with Crippen molar-refractivity contribution in [3.63, 3.8) is 0 Å². The van der Waals surface area contributed by atoms with Crippen LogP contribution in [0.2, 0.25) is 0 Å². The number of carbonyl (C=O) groups is 2. The molecule has 3 nitrogen and oxygen atoms in total. The van der Waals surface area contributed by atoms with E-state index in [9.17, 15) is 9.59 Å². The zero-order valence-corrected chi connectivity index (χ0v) is 6.35. The molecule has 2 rings (SSSR count). The Bertz CT molecular complexity index is 198. The second kappa shape index (κ2) is 2.06. The van der Waals surface area contributed by atoms with Crippen LogP contribution < -0.4 is 5.32 Å². The number of hydrogen-bond acceptors (Lipinski definition) is 2. The number of rotatable bonds is 0. The molecule has 1 saturated heterocycles. The van der Waals surface area contributed by atoms with Crippen molar-refractivity contribution in [3.05, 3.63) is 0 Å². The molecule has 1 amide bonds. The highest BCUT2D eigenvalue weighted by atomic mass is 16.2. The molecule has 1 saturated carbocycles. The molecular weight excluding hydrogens is 142 g/mol. The van der Waals surface area contributed by atoms with E-state index >= 15 is 0 Å². The summed E-state index contributed by atoms with van der Waals surface area (Å²) in [5.74, 6) is 0.132. The van der Waals surface area contributed by atoms with Crippen LogP contribution >= 0.6 is 0 Å². The Labute approximate surface area is 65.2 Å². The lowest BCUT2D eigenvalue weighted by Gasteiger charge is -2.15. The van der Waals surface area contributed by atoms with Gasteiger partial charge in [0.1, 0.15) is 11.2 Å². The molecule has 0 bridgehead atoms. The van der Waals surface area contributed by atoms with E-state index in [1.54, 1.807) is 0 Å². The lowest BCUT2D eigenvalue weighted by Crippen LogP contribution is -2.34. The molecular formula is C8H11NO2. The van der Waals surface area contributed by atoms with Crippen LogP contribution in [0.15, 0.2) is 0 Å². The summed E-state index contributed by atoms with van der Waals surface area (Å²) in [6.45, 7) is 0.685. The fourth-order valence-corrected chi connectivity index (χ4v) is 2.11. The molecule has 2 fully saturated rings. The van der Waals surface area contributed by atoms with Crippen molar-refractivity contribution in [2.24, 2.45) is 5.41 Å². The molecule has 1 N–H and O–H groups in total. The van der Waals surface area contributed by atoms with Crippen LogP contribution in [-0.4, -0.2) is 18.2 Å². The fourth-order valence-electron chi connectivity index (χ4n) is 2.11. The maximum Gasteiger partial charge on any atom is 0.233 e. The van der Waals surface area contributed by atoms with Crippen LogP contribution in [0.5, 0.6) is 0 Å². The van der Waals surface area contributed by atoms with E-state index in [0.717, 1.165) is 19.3 Å². The van der Waals surface area contributed by atoms with Gasteiger partial charge in [0, 0.05) is 13.0 Å². The average Bonchev–Trinajstić information content (AvgIpc) is 2.48. The van der Waals surface area contributed by atoms with Crippen molar-refractivity contribution < 1.29 is 9.59 Å². The van der Waals surface area contributed by atoms with Gasteiger partial charge in [-0.05, 0) is 19.3 Å². The van der Waals surface area contributed by atoms with E-state index in [-0.39, 0.29) is 11.7 Å². The summed E-state index contributed by atoms with van der Waals surface area (Å²) < 4.78 is 0. The second-order valence-corrected chi connectivity index (χ2v) is 3.36. The van der Waals surface area contributed by atoms with Crippen molar-refractivity contribution in [3.8, 4) is 0 Å². The summed E-state index contributed by atoms with van der Waals surface area (Å²) in [6.07, 6.45) is 3.00. The summed E-state index contributed by atoms with van der Waals surface area (Å²) in [5.41, 5.74) is -0.583. The zero-order chi connectivity index (χ0) is 7.90. The van der Waals surface area contributed by atoms with Gasteiger partial charge in [-0.15, -0.1) is 0 Å². The van der Waals surface area contributed by atoms with Gasteiger partial charge in [-0.1, -0.05) is 0 Å². The third-order valence-electron chi connectivity index (χ3n) is 2.81. The van der Waals surface area contributed by atoms with Crippen LogP contribution in [0.25, 0.3) is 0 Å². The maximum atomic E-state index is 11.3. The second-order valence-electron chi connectivity index (χ2n) is 3.36. The molecule has 1 atom stereocenters. The summed E-state index contributed by atoms with van der Waals surface area (Å²) in [6, 6.07) is 0. The summed E-state index contributed by atoms with van der Waals surface area (Å²) in [4.78, 5) is 22.6. The Hall–Kier alpha value is -0.860. The molecule has 0 radical (unpaired) electrons. The molecule has 3 heteroatoms. The van der Waals surface area contributed by atoms with Crippen LogP contribution in [-0.2, 0) is 9.59 Å². The number of carbonyl (C=O) groups excluding carboxylic acids is 2. The Morgan fingerprint density at radius 2 is 2.09 bits per heavy atom. The normalized spacial score (nSPS) is 36.7. The topological polar surface area (TPSA) is 46.2 Å². The van der Waals surface area contributed by atoms with Gasteiger partial charge in [-0.3, -0.25) is 9.59 Å². The molecule has 1 aliphatic heterocycles. The monoisotopic (exact) mass is 153 g/mol. The van der Waals surface area contributed by atoms with Gasteiger partial charge < -0.3 is 5.32 Å². The van der Waals surface area contributed by atoms with Crippen LogP contribution in [0, 0.1) is 5.41 Å². The van der Waals surface area contributed by atoms with E-state index in [1.165, 1.54) is 0 Å². The van der Waals surface area contributed by atoms with Crippen LogP contribution in [0.4, 0.5) is 0 Å². The smallest absolute Gasteiger partial charge is 0.233 e. The van der Waals surface area contributed by atoms with Gasteiger partial charge >= 0.3 is 0 Å². The Kier molecular flexibility index (Phi) is 1.28. The van der Waals surface area contributed by atoms with Crippen molar-refractivity contribution in [2.75, 3.05) is 6.54 Å². The Balaban J connectivity index is 2.33. The summed E-state index contributed by atoms with van der Waals surface area (Å²) >= 11 is 0. The molecule has 0 aromatic heterocycles. The van der Waals surface area contributed by atoms with E-state index in [0.29, 0.717) is 13.0 Å². The van der Waals surface area contributed by atoms with E-state index in [2.05, 4.69) is 5.32 Å². The molecule has 1 heterocycles. The van der Waals surface area contributed by atoms with E-state index < -0.39 is 5.41 Å². The van der Waals surface area contributed by atoms with Crippen LogP contribution in [0.3, 0.4) is 0 Å². The van der Waals surface area contributed by atoms with Gasteiger partial charge in [0.05, 0.1) is 0 Å². The molecule has 0 aromatic rings. The first kappa shape index (κ1) is 6.83. The minimum Gasteiger partial charge on any atom is -0.355 e. The molecule has 0 unspecified atom stereocenters. The highest BCUT2D eigenvalue weighted by Crippen LogP contribution is 2.40. The molecule has 1 spiro atoms. The molecule has 60 valence electrons. The predicted octanol–water partition coefficient (Wildman–Crippen LogP) is 0.246. The van der Waals surface area contributed by atoms with Gasteiger partial charge in [0.25, 0.3) is 0 Å². The van der Waals surface area contributed by atoms with Gasteiger partial charge in [0.15, 0.2) is 0 Å². The predicted molar refractivity (Wildman–Crippen MR) is 38.9 cm³/mol. The number of nitrogens with one attached hydrogen (secondary N) is 1. The first-order valence-corrected chi connectivity index (χ1v) is 4.07. The van der Waals surface area contributed by atoms with Crippen molar-refractivity contribution in [1.82, 2.24) is 5.32 Å². The third kappa shape index (κ3) is 0.737. The molecule has 1 aliphatic carbocycles. The fraction of sp³-hybridized carbons (Fsp3) is 0.750. The van der Waals surface area contributed by atoms with Gasteiger partial charge in [-0.25, -0.2) is 0 Å². The zero-order valence-electron chi connectivity index (χ0n) is 6.35. The molecule has 2 aliphatic rings. The lowest BCUT2D eigenvalue weighted by atomic mass is 9.84. The number of amides is 1. The molecule has 11 heavy (non-hydrogen) atoms. The van der Waals surface area contributed by atoms with Gasteiger partial charge in [0.2, 0.25) is 5.91 Å².